The topological polar surface area (TPSA) is 155 Å². The number of alkyl halides is 6. The summed E-state index contributed by atoms with van der Waals surface area (Å²) >= 11 is 0. The van der Waals surface area contributed by atoms with Crippen LogP contribution in [0.1, 0.15) is 44.9 Å². The molecule has 1 atom stereocenters. The van der Waals surface area contributed by atoms with Crippen molar-refractivity contribution in [1.29, 1.82) is 0 Å². The summed E-state index contributed by atoms with van der Waals surface area (Å²) in [6, 6.07) is 0.962. The average Bonchev–Trinajstić information content (AvgIpc) is 3.69. The lowest BCUT2D eigenvalue weighted by Gasteiger charge is -2.57. The molecule has 48 heavy (non-hydrogen) atoms. The van der Waals surface area contributed by atoms with Crippen molar-refractivity contribution < 1.29 is 50.5 Å². The molecule has 4 aliphatic carbocycles. The minimum Gasteiger partial charge on any atom is -0.507 e. The number of aromatic nitrogens is 5. The monoisotopic (exact) mass is 681 g/mol. The van der Waals surface area contributed by atoms with Crippen LogP contribution in [-0.4, -0.2) is 79.4 Å². The molecule has 1 aliphatic heterocycles. The van der Waals surface area contributed by atoms with Gasteiger partial charge < -0.3 is 24.8 Å². The summed E-state index contributed by atoms with van der Waals surface area (Å²) in [5.41, 5.74) is -1.85. The average molecular weight is 682 g/mol. The number of hydrogen-bond donors (Lipinski definition) is 3. The van der Waals surface area contributed by atoms with E-state index >= 15 is 0 Å². The molecule has 5 aliphatic rings. The van der Waals surface area contributed by atoms with Gasteiger partial charge >= 0.3 is 24.3 Å². The number of anilines is 1. The Morgan fingerprint density at radius 2 is 1.56 bits per heavy atom. The van der Waals surface area contributed by atoms with E-state index in [1.807, 2.05) is 4.90 Å². The number of H-pyrrole nitrogens is 1. The molecule has 3 N–H and O–H groups in total. The zero-order valence-electron chi connectivity index (χ0n) is 25.1. The number of benzene rings is 1. The van der Waals surface area contributed by atoms with Crippen molar-refractivity contribution in [3.8, 4) is 39.6 Å². The van der Waals surface area contributed by atoms with E-state index in [1.165, 1.54) is 38.5 Å². The fraction of sp³-hybridized carbons (Fsp3) is 0.533. The summed E-state index contributed by atoms with van der Waals surface area (Å²) in [6.07, 6.45) is 0.165. The van der Waals surface area contributed by atoms with Gasteiger partial charge in [-0.3, -0.25) is 5.10 Å². The van der Waals surface area contributed by atoms with E-state index in [-0.39, 0.29) is 23.1 Å². The predicted molar refractivity (Wildman–Crippen MR) is 153 cm³/mol. The van der Waals surface area contributed by atoms with Gasteiger partial charge in [0.25, 0.3) is 0 Å². The highest BCUT2D eigenvalue weighted by Gasteiger charge is 2.52. The number of ether oxygens (including phenoxy) is 2. The van der Waals surface area contributed by atoms with Crippen LogP contribution < -0.4 is 19.7 Å². The van der Waals surface area contributed by atoms with E-state index in [1.54, 1.807) is 0 Å². The molecular formula is C30H29F6N7O5. The third-order valence-corrected chi connectivity index (χ3v) is 9.70. The number of halogens is 6. The maximum Gasteiger partial charge on any atom is 0.491 e. The Morgan fingerprint density at radius 3 is 2.10 bits per heavy atom. The highest BCUT2D eigenvalue weighted by molar-refractivity contribution is 5.92. The van der Waals surface area contributed by atoms with Crippen LogP contribution in [0.3, 0.4) is 0 Å². The van der Waals surface area contributed by atoms with E-state index in [2.05, 4.69) is 40.2 Å². The van der Waals surface area contributed by atoms with Crippen LogP contribution in [0, 0.1) is 17.8 Å². The van der Waals surface area contributed by atoms with Gasteiger partial charge in [-0.15, -0.1) is 10.2 Å². The van der Waals surface area contributed by atoms with Crippen LogP contribution in [0.2, 0.25) is 0 Å². The molecule has 5 fully saturated rings. The lowest BCUT2D eigenvalue weighted by atomic mass is 9.53. The first-order valence-electron chi connectivity index (χ1n) is 15.4. The van der Waals surface area contributed by atoms with Gasteiger partial charge in [0.15, 0.2) is 11.5 Å². The molecule has 12 nitrogen and oxygen atoms in total. The van der Waals surface area contributed by atoms with Gasteiger partial charge in [0.1, 0.15) is 11.4 Å². The molecule has 0 amide bonds. The summed E-state index contributed by atoms with van der Waals surface area (Å²) in [6.45, 7) is 1.15. The zero-order valence-corrected chi connectivity index (χ0v) is 25.1. The minimum absolute atomic E-state index is 0.128. The maximum absolute atomic E-state index is 13.3. The first kappa shape index (κ1) is 32.1. The van der Waals surface area contributed by atoms with Gasteiger partial charge in [-0.1, -0.05) is 0 Å². The van der Waals surface area contributed by atoms with Crippen LogP contribution in [0.4, 0.5) is 32.3 Å². The fourth-order valence-corrected chi connectivity index (χ4v) is 8.30. The molecule has 1 aromatic carbocycles. The SMILES string of the molecule is O=C(Oc1c(-c2cn[nH]c2)cc(O)c(-c2cnc(N3CCC(NC45CC6CC(CC(C6)C4)C5)C3)nn2)c1OC(=O)C(F)(F)F)C(F)(F)F. The number of hydrogen-bond acceptors (Lipinski definition) is 11. The number of nitrogens with zero attached hydrogens (tertiary/aromatic N) is 5. The lowest BCUT2D eigenvalue weighted by molar-refractivity contribution is -0.191. The molecule has 4 bridgehead atoms. The first-order valence-corrected chi connectivity index (χ1v) is 15.4. The normalized spacial score (nSPS) is 26.6. The standard InChI is InChI=1S/C30H29F6N7O5/c31-29(32,33)25(45)47-23-19(17-10-38-39-11-17)6-21(44)22(24(23)48-26(46)30(34,35)36)20-12-37-27(42-41-20)43-2-1-18(13-43)40-28-7-14-3-15(8-28)5-16(4-14)9-28/h6,10-12,14-16,18,40,44H,1-5,7-9,13H2,(H,38,39). The number of phenols is 1. The molecule has 1 unspecified atom stereocenters. The van der Waals surface area contributed by atoms with Crippen LogP contribution in [-0.2, 0) is 9.59 Å². The summed E-state index contributed by atoms with van der Waals surface area (Å²) in [5.74, 6) is -6.75. The summed E-state index contributed by atoms with van der Waals surface area (Å²) in [4.78, 5) is 30.0. The Morgan fingerprint density at radius 1 is 0.938 bits per heavy atom. The highest BCUT2D eigenvalue weighted by Crippen LogP contribution is 2.56. The molecule has 2 aromatic heterocycles. The quantitative estimate of drug-likeness (QED) is 0.181. The molecule has 8 rings (SSSR count). The van der Waals surface area contributed by atoms with Gasteiger partial charge in [0, 0.05) is 42.0 Å². The molecular weight excluding hydrogens is 652 g/mol. The van der Waals surface area contributed by atoms with Gasteiger partial charge in [-0.25, -0.2) is 14.6 Å². The third-order valence-electron chi connectivity index (χ3n) is 9.70. The number of phenolic OH excluding ortho intramolecular Hbond substituents is 1. The summed E-state index contributed by atoms with van der Waals surface area (Å²) in [5, 5.41) is 28.9. The molecule has 0 radical (unpaired) electrons. The largest absolute Gasteiger partial charge is 0.507 e. The van der Waals surface area contributed by atoms with Crippen LogP contribution in [0.5, 0.6) is 17.2 Å². The van der Waals surface area contributed by atoms with Crippen molar-refractivity contribution in [3.63, 3.8) is 0 Å². The van der Waals surface area contributed by atoms with E-state index in [0.29, 0.717) is 13.1 Å². The Balaban J connectivity index is 1.19. The Hall–Kier alpha value is -4.48. The number of carbonyl (C=O) groups is 2. The molecule has 0 spiro atoms. The minimum atomic E-state index is -5.63. The van der Waals surface area contributed by atoms with Crippen molar-refractivity contribution in [2.45, 2.75) is 68.9 Å². The van der Waals surface area contributed by atoms with E-state index < -0.39 is 58.4 Å². The van der Waals surface area contributed by atoms with E-state index in [9.17, 15) is 41.0 Å². The van der Waals surface area contributed by atoms with Crippen molar-refractivity contribution in [2.75, 3.05) is 18.0 Å². The van der Waals surface area contributed by atoms with Crippen LogP contribution in [0.25, 0.3) is 22.4 Å². The highest BCUT2D eigenvalue weighted by atomic mass is 19.4. The predicted octanol–water partition coefficient (Wildman–Crippen LogP) is 4.71. The molecule has 3 heterocycles. The number of carbonyl (C=O) groups excluding carboxylic acids is 2. The molecule has 18 heteroatoms. The maximum atomic E-state index is 13.3. The Kier molecular flexibility index (Phi) is 7.75. The second-order valence-corrected chi connectivity index (χ2v) is 13.2. The van der Waals surface area contributed by atoms with Crippen molar-refractivity contribution in [1.82, 2.24) is 30.7 Å². The van der Waals surface area contributed by atoms with Gasteiger partial charge in [-0.2, -0.15) is 31.4 Å². The number of aromatic amines is 1. The third kappa shape index (κ3) is 6.12. The second kappa shape index (κ2) is 11.6. The first-order chi connectivity index (χ1) is 22.7. The molecule has 3 aromatic rings. The van der Waals surface area contributed by atoms with Crippen molar-refractivity contribution in [3.05, 3.63) is 24.7 Å². The van der Waals surface area contributed by atoms with Gasteiger partial charge in [0.05, 0.1) is 18.0 Å². The fourth-order valence-electron chi connectivity index (χ4n) is 8.30. The molecule has 1 saturated heterocycles. The second-order valence-electron chi connectivity index (χ2n) is 13.2. The van der Waals surface area contributed by atoms with Crippen LogP contribution in [0.15, 0.2) is 24.7 Å². The number of rotatable bonds is 7. The summed E-state index contributed by atoms with van der Waals surface area (Å²) in [7, 11) is 0. The smallest absolute Gasteiger partial charge is 0.491 e. The lowest BCUT2D eigenvalue weighted by Crippen LogP contribution is -2.61. The molecule has 256 valence electrons. The number of esters is 2. The zero-order chi connectivity index (χ0) is 34.0. The molecule has 4 saturated carbocycles. The van der Waals surface area contributed by atoms with Crippen LogP contribution >= 0.6 is 0 Å². The van der Waals surface area contributed by atoms with Crippen molar-refractivity contribution >= 4 is 17.9 Å². The van der Waals surface area contributed by atoms with Gasteiger partial charge in [0.2, 0.25) is 5.95 Å². The Bertz CT molecular complexity index is 1680. The Labute approximate surface area is 268 Å². The number of nitrogens with one attached hydrogen (secondary N) is 2. The van der Waals surface area contributed by atoms with E-state index in [4.69, 9.17) is 0 Å². The number of aromatic hydroxyl groups is 1. The van der Waals surface area contributed by atoms with E-state index in [0.717, 1.165) is 48.8 Å². The summed E-state index contributed by atoms with van der Waals surface area (Å²) < 4.78 is 88.7. The van der Waals surface area contributed by atoms with Gasteiger partial charge in [-0.05, 0) is 68.8 Å². The van der Waals surface area contributed by atoms with Crippen molar-refractivity contribution in [2.24, 2.45) is 17.8 Å².